The molecule has 1 aromatic rings. The summed E-state index contributed by atoms with van der Waals surface area (Å²) < 4.78 is 18.0. The van der Waals surface area contributed by atoms with Gasteiger partial charge in [-0.05, 0) is 78.4 Å². The van der Waals surface area contributed by atoms with Gasteiger partial charge in [-0.3, -0.25) is 9.00 Å². The molecule has 1 aromatic heterocycles. The van der Waals surface area contributed by atoms with Gasteiger partial charge in [0.15, 0.2) is 0 Å². The van der Waals surface area contributed by atoms with Gasteiger partial charge in [0.1, 0.15) is 6.10 Å². The van der Waals surface area contributed by atoms with Gasteiger partial charge in [-0.1, -0.05) is 18.6 Å². The Morgan fingerprint density at radius 1 is 1.29 bits per heavy atom. The molecule has 0 saturated carbocycles. The number of nitrogens with zero attached hydrogens (tertiary/aromatic N) is 1. The van der Waals surface area contributed by atoms with Crippen molar-refractivity contribution in [1.29, 1.82) is 0 Å². The highest BCUT2D eigenvalue weighted by Gasteiger charge is 2.41. The van der Waals surface area contributed by atoms with Crippen LogP contribution in [-0.4, -0.2) is 53.7 Å². The lowest BCUT2D eigenvalue weighted by atomic mass is 9.94. The number of carbonyl (C=O) groups excluding carboxylic acids is 1. The van der Waals surface area contributed by atoms with Crippen molar-refractivity contribution in [1.82, 2.24) is 4.98 Å². The summed E-state index contributed by atoms with van der Waals surface area (Å²) in [6, 6.07) is 0. The number of esters is 1. The number of thiazole rings is 1. The lowest BCUT2D eigenvalue weighted by Gasteiger charge is -2.35. The number of aromatic nitrogens is 1. The second-order valence-electron chi connectivity index (χ2n) is 10.1. The molecule has 6 nitrogen and oxygen atoms in total. The summed E-state index contributed by atoms with van der Waals surface area (Å²) in [5.41, 5.74) is 2.92. The number of carbonyl (C=O) groups is 1. The fourth-order valence-corrected chi connectivity index (χ4v) is 6.60. The van der Waals surface area contributed by atoms with Gasteiger partial charge >= 0.3 is 5.97 Å². The lowest BCUT2D eigenvalue weighted by Crippen LogP contribution is -2.49. The first-order valence-corrected chi connectivity index (χ1v) is 14.1. The number of aliphatic hydroxyl groups is 2. The van der Waals surface area contributed by atoms with E-state index in [4.69, 9.17) is 4.74 Å². The van der Waals surface area contributed by atoms with E-state index in [1.54, 1.807) is 32.1 Å². The first-order chi connectivity index (χ1) is 15.8. The molecule has 0 spiro atoms. The van der Waals surface area contributed by atoms with E-state index in [0.29, 0.717) is 6.42 Å². The maximum atomic E-state index is 13.3. The number of cyclic esters (lactones) is 1. The van der Waals surface area contributed by atoms with E-state index in [2.05, 4.69) is 18.0 Å². The number of aryl methyl sites for hydroxylation is 1. The van der Waals surface area contributed by atoms with Crippen molar-refractivity contribution in [3.63, 3.8) is 0 Å². The number of rotatable bonds is 2. The second kappa shape index (κ2) is 12.6. The standard InChI is InChI=1S/C26H41NO5S2/c1-16-9-8-10-17(2)25(30)19(4)34(31)26(6,7)23(28)14-24(29)32-22(12-11-16)18(3)13-21-15-33-20(5)27-21/h11,13,15,17,19,22-23,25,28,30H,8-10,12,14H2,1-7H3/b16-11-,18-13+/t17-,19+,22-,23+,25-,34?/m0/s1. The molecular weight excluding hydrogens is 470 g/mol. The van der Waals surface area contributed by atoms with Crippen molar-refractivity contribution >= 4 is 34.2 Å². The van der Waals surface area contributed by atoms with Crippen molar-refractivity contribution < 1.29 is 24.0 Å². The normalized spacial score (nSPS) is 34.2. The summed E-state index contributed by atoms with van der Waals surface area (Å²) >= 11 is 1.57. The van der Waals surface area contributed by atoms with Crippen LogP contribution in [-0.2, 0) is 20.3 Å². The summed E-state index contributed by atoms with van der Waals surface area (Å²) in [4.78, 5) is 17.3. The number of hydrogen-bond donors (Lipinski definition) is 2. The Balaban J connectivity index is 2.33. The Morgan fingerprint density at radius 3 is 2.59 bits per heavy atom. The van der Waals surface area contributed by atoms with Crippen LogP contribution in [0.4, 0.5) is 0 Å². The summed E-state index contributed by atoms with van der Waals surface area (Å²) in [6.45, 7) is 13.0. The van der Waals surface area contributed by atoms with Crippen LogP contribution in [0.25, 0.3) is 6.08 Å². The third-order valence-electron chi connectivity index (χ3n) is 6.79. The molecule has 6 atom stereocenters. The number of allylic oxidation sites excluding steroid dienone is 1. The first kappa shape index (κ1) is 28.9. The highest BCUT2D eigenvalue weighted by atomic mass is 32.2. The summed E-state index contributed by atoms with van der Waals surface area (Å²) in [5, 5.41) is 24.1. The van der Waals surface area contributed by atoms with Crippen molar-refractivity contribution in [3.8, 4) is 0 Å². The van der Waals surface area contributed by atoms with Gasteiger partial charge < -0.3 is 14.9 Å². The lowest BCUT2D eigenvalue weighted by molar-refractivity contribution is -0.149. The molecule has 2 heterocycles. The molecule has 0 amide bonds. The first-order valence-electron chi connectivity index (χ1n) is 12.0. The summed E-state index contributed by atoms with van der Waals surface area (Å²) in [6.07, 6.45) is 4.52. The van der Waals surface area contributed by atoms with Gasteiger partial charge in [0.05, 0.1) is 39.3 Å². The zero-order valence-electron chi connectivity index (χ0n) is 21.5. The van der Waals surface area contributed by atoms with Crippen LogP contribution in [0, 0.1) is 12.8 Å². The van der Waals surface area contributed by atoms with Crippen LogP contribution < -0.4 is 0 Å². The van der Waals surface area contributed by atoms with E-state index >= 15 is 0 Å². The molecule has 34 heavy (non-hydrogen) atoms. The van der Waals surface area contributed by atoms with Crippen molar-refractivity contribution in [3.05, 3.63) is 33.3 Å². The van der Waals surface area contributed by atoms with Crippen LogP contribution in [0.1, 0.15) is 84.3 Å². The quantitative estimate of drug-likeness (QED) is 0.431. The Bertz CT molecular complexity index is 920. The zero-order chi connectivity index (χ0) is 25.6. The highest BCUT2D eigenvalue weighted by Crippen LogP contribution is 2.29. The second-order valence-corrected chi connectivity index (χ2v) is 13.6. The highest BCUT2D eigenvalue weighted by molar-refractivity contribution is 7.87. The molecule has 192 valence electrons. The Morgan fingerprint density at radius 2 is 1.97 bits per heavy atom. The minimum absolute atomic E-state index is 0.0166. The smallest absolute Gasteiger partial charge is 0.309 e. The van der Waals surface area contributed by atoms with E-state index < -0.39 is 45.1 Å². The average Bonchev–Trinajstić information content (AvgIpc) is 3.18. The molecule has 0 radical (unpaired) electrons. The average molecular weight is 512 g/mol. The molecule has 0 bridgehead atoms. The molecule has 2 rings (SSSR count). The fraction of sp³-hybridized carbons (Fsp3) is 0.692. The molecular formula is C26H41NO5S2. The zero-order valence-corrected chi connectivity index (χ0v) is 23.2. The number of hydrogen-bond acceptors (Lipinski definition) is 7. The third kappa shape index (κ3) is 7.83. The third-order valence-corrected chi connectivity index (χ3v) is 9.84. The Labute approximate surface area is 211 Å². The molecule has 0 aromatic carbocycles. The van der Waals surface area contributed by atoms with E-state index in [9.17, 15) is 19.2 Å². The summed E-state index contributed by atoms with van der Waals surface area (Å²) in [5.74, 6) is -0.554. The number of aliphatic hydroxyl groups excluding tert-OH is 2. The maximum absolute atomic E-state index is 13.3. The van der Waals surface area contributed by atoms with Crippen LogP contribution in [0.15, 0.2) is 22.6 Å². The van der Waals surface area contributed by atoms with Crippen LogP contribution >= 0.6 is 11.3 Å². The maximum Gasteiger partial charge on any atom is 0.309 e. The van der Waals surface area contributed by atoms with Crippen molar-refractivity contribution in [2.45, 2.75) is 109 Å². The van der Waals surface area contributed by atoms with Crippen molar-refractivity contribution in [2.75, 3.05) is 0 Å². The molecule has 1 unspecified atom stereocenters. The minimum Gasteiger partial charge on any atom is -0.457 e. The Kier molecular flexibility index (Phi) is 10.7. The van der Waals surface area contributed by atoms with Crippen LogP contribution in [0.2, 0.25) is 0 Å². The molecule has 0 saturated heterocycles. The van der Waals surface area contributed by atoms with Crippen molar-refractivity contribution in [2.24, 2.45) is 5.92 Å². The van der Waals surface area contributed by atoms with E-state index in [-0.39, 0.29) is 12.3 Å². The van der Waals surface area contributed by atoms with E-state index in [0.717, 1.165) is 35.5 Å². The van der Waals surface area contributed by atoms with Gasteiger partial charge in [-0.2, -0.15) is 0 Å². The van der Waals surface area contributed by atoms with E-state index in [1.165, 1.54) is 5.57 Å². The largest absolute Gasteiger partial charge is 0.457 e. The summed E-state index contributed by atoms with van der Waals surface area (Å²) in [7, 11) is -1.56. The monoisotopic (exact) mass is 511 g/mol. The van der Waals surface area contributed by atoms with Gasteiger partial charge in [0.2, 0.25) is 0 Å². The van der Waals surface area contributed by atoms with Gasteiger partial charge in [0.25, 0.3) is 0 Å². The molecule has 1 aliphatic heterocycles. The predicted octanol–water partition coefficient (Wildman–Crippen LogP) is 4.95. The SMILES string of the molecule is C/C1=C/C[C@@H](/C(C)=C/c2csc(C)n2)OC(=O)C[C@@H](O)C(C)(C)S(=O)[C@H](C)[C@@H](O)[C@@H](C)CCC1. The minimum atomic E-state index is -1.56. The molecule has 1 aliphatic rings. The molecule has 0 aliphatic carbocycles. The van der Waals surface area contributed by atoms with Gasteiger partial charge in [0, 0.05) is 22.6 Å². The van der Waals surface area contributed by atoms with Gasteiger partial charge in [-0.25, -0.2) is 4.98 Å². The van der Waals surface area contributed by atoms with E-state index in [1.807, 2.05) is 32.2 Å². The molecule has 0 fully saturated rings. The van der Waals surface area contributed by atoms with Crippen LogP contribution in [0.3, 0.4) is 0 Å². The van der Waals surface area contributed by atoms with Gasteiger partial charge in [-0.15, -0.1) is 11.3 Å². The Hall–Kier alpha value is -1.35. The molecule has 8 heteroatoms. The number of ether oxygens (including phenoxy) is 1. The predicted molar refractivity (Wildman–Crippen MR) is 140 cm³/mol. The van der Waals surface area contributed by atoms with Crippen LogP contribution in [0.5, 0.6) is 0 Å². The molecule has 2 N–H and O–H groups in total. The topological polar surface area (TPSA) is 96.7 Å². The fourth-order valence-electron chi connectivity index (χ4n) is 4.20.